The minimum absolute atomic E-state index is 0.0629. The average Bonchev–Trinajstić information content (AvgIpc) is 2.99. The molecule has 1 atom stereocenters. The molecule has 0 amide bonds. The maximum atomic E-state index is 13.0. The summed E-state index contributed by atoms with van der Waals surface area (Å²) >= 11 is 0.0629. The van der Waals surface area contributed by atoms with Crippen molar-refractivity contribution < 1.29 is 9.50 Å². The van der Waals surface area contributed by atoms with Gasteiger partial charge in [0.2, 0.25) is 0 Å². The predicted molar refractivity (Wildman–Crippen MR) is 88.8 cm³/mol. The van der Waals surface area contributed by atoms with Gasteiger partial charge in [-0.3, -0.25) is 0 Å². The number of rotatable bonds is 3. The van der Waals surface area contributed by atoms with Crippen LogP contribution >= 0.6 is 0 Å². The van der Waals surface area contributed by atoms with Crippen LogP contribution in [0.4, 0.5) is 4.39 Å². The van der Waals surface area contributed by atoms with Crippen LogP contribution in [0.15, 0.2) is 54.6 Å². The van der Waals surface area contributed by atoms with Crippen molar-refractivity contribution in [3.8, 4) is 10.0 Å². The van der Waals surface area contributed by atoms with Gasteiger partial charge in [0.15, 0.2) is 0 Å². The number of aryl methyl sites for hydroxylation is 2. The van der Waals surface area contributed by atoms with E-state index in [-0.39, 0.29) is 20.3 Å². The number of hydrogen-bond acceptors (Lipinski definition) is 1. The molecule has 112 valence electrons. The zero-order valence-electron chi connectivity index (χ0n) is 12.5. The van der Waals surface area contributed by atoms with E-state index in [2.05, 4.69) is 6.07 Å². The molecule has 0 aliphatic rings. The molecule has 0 aliphatic carbocycles. The van der Waals surface area contributed by atoms with Crippen molar-refractivity contribution >= 4 is 14.5 Å². The maximum absolute atomic E-state index is 13.0. The van der Waals surface area contributed by atoms with Crippen LogP contribution in [0.5, 0.6) is 0 Å². The zero-order valence-corrected chi connectivity index (χ0v) is 14.2. The molecule has 0 bridgehead atoms. The Morgan fingerprint density at radius 3 is 2.41 bits per heavy atom. The molecule has 1 nitrogen and oxygen atoms in total. The molecule has 0 saturated heterocycles. The van der Waals surface area contributed by atoms with Crippen LogP contribution in [-0.4, -0.2) is 19.6 Å². The van der Waals surface area contributed by atoms with Crippen molar-refractivity contribution in [2.24, 2.45) is 0 Å². The van der Waals surface area contributed by atoms with Crippen molar-refractivity contribution in [2.75, 3.05) is 0 Å². The standard InChI is InChI=1S/C19H17FOSe/c1-12-3-4-13(2)16(11-12)19(21)18-10-9-17(22-18)14-5-7-15(20)8-6-14/h3-11,19,21H,1-2H3. The van der Waals surface area contributed by atoms with E-state index in [1.54, 1.807) is 12.1 Å². The van der Waals surface area contributed by atoms with Crippen LogP contribution in [0, 0.1) is 19.7 Å². The van der Waals surface area contributed by atoms with Crippen LogP contribution in [0.3, 0.4) is 0 Å². The number of aliphatic hydroxyl groups excluding tert-OH is 1. The van der Waals surface area contributed by atoms with Crippen molar-refractivity contribution in [2.45, 2.75) is 20.0 Å². The summed E-state index contributed by atoms with van der Waals surface area (Å²) in [7, 11) is 0. The number of hydrogen-bond donors (Lipinski definition) is 1. The molecule has 0 radical (unpaired) electrons. The molecule has 3 rings (SSSR count). The fourth-order valence-electron chi connectivity index (χ4n) is 2.48. The van der Waals surface area contributed by atoms with E-state index in [1.165, 1.54) is 16.6 Å². The summed E-state index contributed by atoms with van der Waals surface area (Å²) in [6, 6.07) is 16.7. The van der Waals surface area contributed by atoms with Crippen LogP contribution in [-0.2, 0) is 0 Å². The Hall–Kier alpha value is -1.67. The Balaban J connectivity index is 1.93. The summed E-state index contributed by atoms with van der Waals surface area (Å²) in [6.45, 7) is 4.06. The molecule has 0 saturated carbocycles. The summed E-state index contributed by atoms with van der Waals surface area (Å²) in [4.78, 5) is 0. The predicted octanol–water partition coefficient (Wildman–Crippen LogP) is 4.25. The molecular weight excluding hydrogens is 342 g/mol. The molecule has 3 aromatic rings. The van der Waals surface area contributed by atoms with Gasteiger partial charge >= 0.3 is 135 Å². The monoisotopic (exact) mass is 360 g/mol. The SMILES string of the molecule is Cc1ccc(C)c(C(O)c2ccc(-c3ccc(F)cc3)[se]2)c1. The first-order chi connectivity index (χ1) is 10.5. The summed E-state index contributed by atoms with van der Waals surface area (Å²) in [5, 5.41) is 10.7. The van der Waals surface area contributed by atoms with Crippen molar-refractivity contribution in [1.82, 2.24) is 0 Å². The molecule has 1 unspecified atom stereocenters. The Bertz CT molecular complexity index is 789. The summed E-state index contributed by atoms with van der Waals surface area (Å²) in [5.74, 6) is -0.224. The molecule has 3 heteroatoms. The van der Waals surface area contributed by atoms with E-state index in [1.807, 2.05) is 38.1 Å². The fraction of sp³-hybridized carbons (Fsp3) is 0.158. The van der Waals surface area contributed by atoms with Gasteiger partial charge in [-0.25, -0.2) is 0 Å². The first kappa shape index (κ1) is 15.2. The van der Waals surface area contributed by atoms with Crippen LogP contribution in [0.25, 0.3) is 10.0 Å². The van der Waals surface area contributed by atoms with Crippen molar-refractivity contribution in [3.05, 3.63) is 81.5 Å². The third-order valence-corrected chi connectivity index (χ3v) is 6.24. The molecule has 2 aromatic carbocycles. The first-order valence-electron chi connectivity index (χ1n) is 7.15. The van der Waals surface area contributed by atoms with E-state index in [0.717, 1.165) is 26.7 Å². The Labute approximate surface area is 135 Å². The number of benzene rings is 2. The van der Waals surface area contributed by atoms with Gasteiger partial charge in [-0.05, 0) is 0 Å². The second-order valence-electron chi connectivity index (χ2n) is 5.47. The van der Waals surface area contributed by atoms with E-state index >= 15 is 0 Å². The molecule has 22 heavy (non-hydrogen) atoms. The molecule has 0 fully saturated rings. The Kier molecular flexibility index (Phi) is 4.30. The molecule has 1 N–H and O–H groups in total. The summed E-state index contributed by atoms with van der Waals surface area (Å²) < 4.78 is 15.2. The van der Waals surface area contributed by atoms with Gasteiger partial charge in [0.05, 0.1) is 0 Å². The molecule has 1 aromatic heterocycles. The van der Waals surface area contributed by atoms with Crippen LogP contribution in [0.1, 0.15) is 27.2 Å². The number of aliphatic hydroxyl groups is 1. The van der Waals surface area contributed by atoms with Gasteiger partial charge < -0.3 is 0 Å². The Morgan fingerprint density at radius 1 is 0.955 bits per heavy atom. The number of halogens is 1. The minimum atomic E-state index is -0.561. The molecule has 0 spiro atoms. The van der Waals surface area contributed by atoms with Gasteiger partial charge in [-0.1, -0.05) is 0 Å². The van der Waals surface area contributed by atoms with Gasteiger partial charge in [-0.15, -0.1) is 0 Å². The van der Waals surface area contributed by atoms with Crippen molar-refractivity contribution in [1.29, 1.82) is 0 Å². The average molecular weight is 359 g/mol. The Morgan fingerprint density at radius 2 is 1.68 bits per heavy atom. The third kappa shape index (κ3) is 3.07. The summed E-state index contributed by atoms with van der Waals surface area (Å²) in [5.41, 5.74) is 4.25. The van der Waals surface area contributed by atoms with Gasteiger partial charge in [0.1, 0.15) is 0 Å². The first-order valence-corrected chi connectivity index (χ1v) is 8.87. The van der Waals surface area contributed by atoms with Crippen LogP contribution < -0.4 is 0 Å². The van der Waals surface area contributed by atoms with Crippen LogP contribution in [0.2, 0.25) is 0 Å². The molecule has 1 heterocycles. The summed E-state index contributed by atoms with van der Waals surface area (Å²) in [6.07, 6.45) is -0.561. The topological polar surface area (TPSA) is 20.2 Å². The quantitative estimate of drug-likeness (QED) is 0.694. The van der Waals surface area contributed by atoms with E-state index in [9.17, 15) is 9.50 Å². The van der Waals surface area contributed by atoms with E-state index < -0.39 is 6.10 Å². The van der Waals surface area contributed by atoms with Crippen molar-refractivity contribution in [3.63, 3.8) is 0 Å². The van der Waals surface area contributed by atoms with E-state index in [4.69, 9.17) is 0 Å². The molecule has 0 aliphatic heterocycles. The molecular formula is C19H17FOSe. The third-order valence-electron chi connectivity index (χ3n) is 3.75. The van der Waals surface area contributed by atoms with Gasteiger partial charge in [-0.2, -0.15) is 0 Å². The second-order valence-corrected chi connectivity index (χ2v) is 7.81. The van der Waals surface area contributed by atoms with Gasteiger partial charge in [0.25, 0.3) is 0 Å². The van der Waals surface area contributed by atoms with E-state index in [0.29, 0.717) is 0 Å². The van der Waals surface area contributed by atoms with Gasteiger partial charge in [0, 0.05) is 0 Å². The fourth-order valence-corrected chi connectivity index (χ4v) is 4.61. The second kappa shape index (κ2) is 6.21. The normalized spacial score (nSPS) is 12.4. The zero-order chi connectivity index (χ0) is 15.7.